The zero-order chi connectivity index (χ0) is 12.7. The summed E-state index contributed by atoms with van der Waals surface area (Å²) in [5.74, 6) is 0. The van der Waals surface area contributed by atoms with E-state index in [0.29, 0.717) is 6.04 Å². The monoisotopic (exact) mass is 242 g/mol. The maximum absolute atomic E-state index is 6.17. The molecule has 3 heteroatoms. The fourth-order valence-corrected chi connectivity index (χ4v) is 2.64. The van der Waals surface area contributed by atoms with Crippen molar-refractivity contribution >= 4 is 0 Å². The molecule has 2 saturated heterocycles. The van der Waals surface area contributed by atoms with E-state index in [0.717, 1.165) is 13.3 Å². The van der Waals surface area contributed by atoms with E-state index in [-0.39, 0.29) is 5.60 Å². The Bertz CT molecular complexity index is 200. The van der Waals surface area contributed by atoms with Crippen LogP contribution in [0.3, 0.4) is 0 Å². The lowest BCUT2D eigenvalue weighted by atomic mass is 9.89. The first-order valence-electron chi connectivity index (χ1n) is 7.31. The highest BCUT2D eigenvalue weighted by atomic mass is 16.5. The van der Waals surface area contributed by atoms with Crippen LogP contribution in [0.5, 0.6) is 0 Å². The van der Waals surface area contributed by atoms with Gasteiger partial charge < -0.3 is 10.1 Å². The fraction of sp³-hybridized carbons (Fsp3) is 1.00. The van der Waals surface area contributed by atoms with Gasteiger partial charge in [-0.3, -0.25) is 4.90 Å². The Labute approximate surface area is 107 Å². The zero-order valence-corrected chi connectivity index (χ0v) is 12.1. The van der Waals surface area contributed by atoms with Gasteiger partial charge in [0.15, 0.2) is 0 Å². The lowest BCUT2D eigenvalue weighted by molar-refractivity contribution is -0.0962. The molecule has 2 aliphatic heterocycles. The minimum Gasteiger partial charge on any atom is -0.358 e. The molecule has 0 aromatic heterocycles. The predicted octanol–water partition coefficient (Wildman–Crippen LogP) is 2.61. The van der Waals surface area contributed by atoms with Crippen LogP contribution in [0.15, 0.2) is 0 Å². The molecule has 2 aliphatic rings. The summed E-state index contributed by atoms with van der Waals surface area (Å²) in [4.78, 5) is 2.43. The van der Waals surface area contributed by atoms with Crippen molar-refractivity contribution in [3.8, 4) is 0 Å². The first-order chi connectivity index (χ1) is 8.22. The molecule has 1 atom stereocenters. The van der Waals surface area contributed by atoms with Gasteiger partial charge in [-0.05, 0) is 46.1 Å². The van der Waals surface area contributed by atoms with Gasteiger partial charge in [-0.15, -0.1) is 0 Å². The van der Waals surface area contributed by atoms with E-state index in [1.54, 1.807) is 0 Å². The van der Waals surface area contributed by atoms with Gasteiger partial charge in [0.1, 0.15) is 6.73 Å². The summed E-state index contributed by atoms with van der Waals surface area (Å²) in [5, 5.41) is 3.47. The van der Waals surface area contributed by atoms with E-state index >= 15 is 0 Å². The lowest BCUT2D eigenvalue weighted by Crippen LogP contribution is -2.48. The van der Waals surface area contributed by atoms with E-state index in [2.05, 4.69) is 24.1 Å². The van der Waals surface area contributed by atoms with E-state index in [4.69, 9.17) is 4.74 Å². The van der Waals surface area contributed by atoms with Crippen LogP contribution in [0.2, 0.25) is 0 Å². The molecular formula is C14H30N2O. The Morgan fingerprint density at radius 1 is 1.18 bits per heavy atom. The van der Waals surface area contributed by atoms with E-state index in [1.165, 1.54) is 38.8 Å². The van der Waals surface area contributed by atoms with Crippen molar-refractivity contribution in [1.82, 2.24) is 10.2 Å². The highest BCUT2D eigenvalue weighted by molar-refractivity contribution is 4.89. The van der Waals surface area contributed by atoms with E-state index in [9.17, 15) is 0 Å². The Kier molecular flexibility index (Phi) is 6.45. The summed E-state index contributed by atoms with van der Waals surface area (Å²) in [6.07, 6.45) is 5.01. The van der Waals surface area contributed by atoms with Crippen LogP contribution >= 0.6 is 0 Å². The number of ether oxygens (including phenoxy) is 1. The molecule has 0 aliphatic carbocycles. The minimum atomic E-state index is 0.155. The van der Waals surface area contributed by atoms with Gasteiger partial charge in [-0.1, -0.05) is 13.8 Å². The predicted molar refractivity (Wildman–Crippen MR) is 73.2 cm³/mol. The molecule has 0 radical (unpaired) electrons. The van der Waals surface area contributed by atoms with Crippen molar-refractivity contribution in [1.29, 1.82) is 0 Å². The van der Waals surface area contributed by atoms with Crippen molar-refractivity contribution in [2.45, 2.75) is 65.0 Å². The summed E-state index contributed by atoms with van der Waals surface area (Å²) in [6, 6.07) is 0.608. The molecule has 2 fully saturated rings. The van der Waals surface area contributed by atoms with E-state index in [1.807, 2.05) is 13.8 Å². The summed E-state index contributed by atoms with van der Waals surface area (Å²) in [5.41, 5.74) is 0.155. The number of rotatable bonds is 1. The summed E-state index contributed by atoms with van der Waals surface area (Å²) in [6.45, 7) is 12.7. The average Bonchev–Trinajstić information content (AvgIpc) is 2.56. The van der Waals surface area contributed by atoms with Gasteiger partial charge in [0.2, 0.25) is 0 Å². The quantitative estimate of drug-likeness (QED) is 0.765. The number of piperidine rings is 1. The van der Waals surface area contributed by atoms with Crippen molar-refractivity contribution in [3.63, 3.8) is 0 Å². The van der Waals surface area contributed by atoms with Crippen LogP contribution in [0.1, 0.15) is 53.4 Å². The Hall–Kier alpha value is -0.120. The molecule has 17 heavy (non-hydrogen) atoms. The van der Waals surface area contributed by atoms with Gasteiger partial charge in [-0.25, -0.2) is 0 Å². The third-order valence-corrected chi connectivity index (χ3v) is 3.78. The summed E-state index contributed by atoms with van der Waals surface area (Å²) >= 11 is 0. The fourth-order valence-electron chi connectivity index (χ4n) is 2.64. The first kappa shape index (κ1) is 14.9. The van der Waals surface area contributed by atoms with Crippen LogP contribution in [-0.4, -0.2) is 42.9 Å². The largest absolute Gasteiger partial charge is 0.358 e. The van der Waals surface area contributed by atoms with Crippen molar-refractivity contribution < 1.29 is 4.74 Å². The molecule has 102 valence electrons. The third kappa shape index (κ3) is 4.23. The molecule has 1 N–H and O–H groups in total. The van der Waals surface area contributed by atoms with Crippen LogP contribution in [0.4, 0.5) is 0 Å². The molecular weight excluding hydrogens is 212 g/mol. The van der Waals surface area contributed by atoms with E-state index < -0.39 is 0 Å². The van der Waals surface area contributed by atoms with Crippen LogP contribution in [-0.2, 0) is 4.74 Å². The normalized spacial score (nSPS) is 30.9. The van der Waals surface area contributed by atoms with Gasteiger partial charge >= 0.3 is 0 Å². The maximum atomic E-state index is 6.17. The van der Waals surface area contributed by atoms with Gasteiger partial charge in [0.05, 0.1) is 5.60 Å². The second-order valence-electron chi connectivity index (χ2n) is 5.25. The van der Waals surface area contributed by atoms with Crippen LogP contribution in [0.25, 0.3) is 0 Å². The smallest absolute Gasteiger partial charge is 0.100 e. The molecule has 0 aromatic carbocycles. The average molecular weight is 242 g/mol. The van der Waals surface area contributed by atoms with Crippen molar-refractivity contribution in [2.24, 2.45) is 0 Å². The molecule has 0 aromatic rings. The minimum absolute atomic E-state index is 0.155. The highest BCUT2D eigenvalue weighted by Crippen LogP contribution is 2.29. The standard InChI is InChI=1S/C12H24N2O.C2H6/c1-11(2)14-8-4-6-12(15-10-14)5-3-7-13-9-12;1-2/h11,13H,3-10H2,1-2H3;1-2H3. The molecule has 0 saturated carbocycles. The Morgan fingerprint density at radius 3 is 2.47 bits per heavy atom. The topological polar surface area (TPSA) is 24.5 Å². The number of hydrogen-bond donors (Lipinski definition) is 1. The molecule has 3 nitrogen and oxygen atoms in total. The summed E-state index contributed by atoms with van der Waals surface area (Å²) in [7, 11) is 0. The molecule has 0 bridgehead atoms. The highest BCUT2D eigenvalue weighted by Gasteiger charge is 2.35. The molecule has 2 heterocycles. The van der Waals surface area contributed by atoms with Gasteiger partial charge in [0, 0.05) is 19.1 Å². The molecule has 1 unspecified atom stereocenters. The summed E-state index contributed by atoms with van der Waals surface area (Å²) < 4.78 is 6.17. The van der Waals surface area contributed by atoms with Gasteiger partial charge in [-0.2, -0.15) is 0 Å². The molecule has 0 amide bonds. The van der Waals surface area contributed by atoms with Crippen molar-refractivity contribution in [2.75, 3.05) is 26.4 Å². The second-order valence-corrected chi connectivity index (χ2v) is 5.25. The lowest BCUT2D eigenvalue weighted by Gasteiger charge is -2.37. The van der Waals surface area contributed by atoms with Crippen LogP contribution in [0, 0.1) is 0 Å². The maximum Gasteiger partial charge on any atom is 0.100 e. The first-order valence-corrected chi connectivity index (χ1v) is 7.31. The second kappa shape index (κ2) is 7.34. The van der Waals surface area contributed by atoms with Crippen LogP contribution < -0.4 is 5.32 Å². The number of hydrogen-bond acceptors (Lipinski definition) is 3. The molecule has 2 rings (SSSR count). The zero-order valence-electron chi connectivity index (χ0n) is 12.1. The number of nitrogens with one attached hydrogen (secondary N) is 1. The van der Waals surface area contributed by atoms with Gasteiger partial charge in [0.25, 0.3) is 0 Å². The molecule has 1 spiro atoms. The number of nitrogens with zero attached hydrogens (tertiary/aromatic N) is 1. The Morgan fingerprint density at radius 2 is 1.88 bits per heavy atom. The Balaban J connectivity index is 0.000000686. The SMILES string of the molecule is CC.CC(C)N1CCCC2(CCCNC2)OC1. The van der Waals surface area contributed by atoms with Crippen molar-refractivity contribution in [3.05, 3.63) is 0 Å². The third-order valence-electron chi connectivity index (χ3n) is 3.78.